The van der Waals surface area contributed by atoms with Gasteiger partial charge in [-0.3, -0.25) is 14.5 Å². The van der Waals surface area contributed by atoms with Crippen molar-refractivity contribution in [3.8, 4) is 11.1 Å². The second kappa shape index (κ2) is 7.98. The van der Waals surface area contributed by atoms with Crippen molar-refractivity contribution in [1.82, 2.24) is 9.97 Å². The molecule has 2 aromatic heterocycles. The Morgan fingerprint density at radius 3 is 2.70 bits per heavy atom. The standard InChI is InChI=1S/C19H18N4O2S2/c24-18(10-16-12-26-19(22-16)23-27(25)17-7-8-17)21-15-5-3-13(4-6-15)14-2-1-9-20-11-14/h1-6,9,11-12,17H,7-8,10H2,(H,21,24)(H,22,23). The molecule has 0 bridgehead atoms. The Labute approximate surface area is 163 Å². The Morgan fingerprint density at radius 2 is 2.00 bits per heavy atom. The number of aromatic nitrogens is 2. The molecule has 6 nitrogen and oxygen atoms in total. The monoisotopic (exact) mass is 398 g/mol. The molecule has 3 aromatic rings. The molecule has 1 amide bonds. The fraction of sp³-hybridized carbons (Fsp3) is 0.211. The number of benzene rings is 1. The van der Waals surface area contributed by atoms with Crippen molar-refractivity contribution in [2.75, 3.05) is 10.0 Å². The van der Waals surface area contributed by atoms with Gasteiger partial charge in [-0.15, -0.1) is 11.3 Å². The average molecular weight is 399 g/mol. The van der Waals surface area contributed by atoms with Crippen LogP contribution in [-0.4, -0.2) is 25.3 Å². The van der Waals surface area contributed by atoms with Gasteiger partial charge in [-0.05, 0) is 42.2 Å². The average Bonchev–Trinajstić information content (AvgIpc) is 3.45. The summed E-state index contributed by atoms with van der Waals surface area (Å²) in [7, 11) is -1.07. The summed E-state index contributed by atoms with van der Waals surface area (Å²) in [5.74, 6) is -0.135. The first kappa shape index (κ1) is 17.8. The highest BCUT2D eigenvalue weighted by molar-refractivity contribution is 7.87. The summed E-state index contributed by atoms with van der Waals surface area (Å²) in [6.07, 6.45) is 5.72. The zero-order valence-electron chi connectivity index (χ0n) is 14.4. The molecular weight excluding hydrogens is 380 g/mol. The van der Waals surface area contributed by atoms with E-state index in [1.165, 1.54) is 11.3 Å². The van der Waals surface area contributed by atoms with Crippen LogP contribution >= 0.6 is 11.3 Å². The Bertz CT molecular complexity index is 953. The van der Waals surface area contributed by atoms with Crippen LogP contribution in [0.5, 0.6) is 0 Å². The molecule has 0 saturated heterocycles. The smallest absolute Gasteiger partial charge is 0.230 e. The molecule has 1 saturated carbocycles. The summed E-state index contributed by atoms with van der Waals surface area (Å²) < 4.78 is 14.8. The van der Waals surface area contributed by atoms with Crippen molar-refractivity contribution < 1.29 is 9.00 Å². The second-order valence-corrected chi connectivity index (χ2v) is 8.61. The number of nitrogens with one attached hydrogen (secondary N) is 2. The van der Waals surface area contributed by atoms with Gasteiger partial charge in [0.15, 0.2) is 5.13 Å². The van der Waals surface area contributed by atoms with E-state index in [1.54, 1.807) is 12.4 Å². The molecule has 1 unspecified atom stereocenters. The molecule has 1 atom stereocenters. The van der Waals surface area contributed by atoms with Crippen LogP contribution in [0.15, 0.2) is 54.2 Å². The third-order valence-electron chi connectivity index (χ3n) is 4.07. The third kappa shape index (κ3) is 4.78. The predicted molar refractivity (Wildman–Crippen MR) is 109 cm³/mol. The first-order chi connectivity index (χ1) is 13.2. The Balaban J connectivity index is 1.32. The fourth-order valence-electron chi connectivity index (χ4n) is 2.54. The van der Waals surface area contributed by atoms with E-state index < -0.39 is 11.0 Å². The number of hydrogen-bond donors (Lipinski definition) is 2. The Kier molecular flexibility index (Phi) is 5.26. The molecule has 27 heavy (non-hydrogen) atoms. The van der Waals surface area contributed by atoms with Crippen LogP contribution in [0, 0.1) is 0 Å². The SMILES string of the molecule is O=C(Cc1csc(NS(=O)C2CC2)n1)Nc1ccc(-c2cccnc2)cc1. The molecular formula is C19H18N4O2S2. The summed E-state index contributed by atoms with van der Waals surface area (Å²) in [5, 5.41) is 5.54. The number of carbonyl (C=O) groups is 1. The van der Waals surface area contributed by atoms with Crippen molar-refractivity contribution in [2.24, 2.45) is 0 Å². The largest absolute Gasteiger partial charge is 0.326 e. The number of hydrogen-bond acceptors (Lipinski definition) is 5. The summed E-state index contributed by atoms with van der Waals surface area (Å²) in [4.78, 5) is 20.7. The molecule has 2 N–H and O–H groups in total. The maximum Gasteiger partial charge on any atom is 0.230 e. The maximum absolute atomic E-state index is 12.2. The summed E-state index contributed by atoms with van der Waals surface area (Å²) in [6, 6.07) is 11.5. The molecule has 0 aliphatic heterocycles. The maximum atomic E-state index is 12.2. The summed E-state index contributed by atoms with van der Waals surface area (Å²) in [6.45, 7) is 0. The molecule has 1 aliphatic rings. The van der Waals surface area contributed by atoms with E-state index in [4.69, 9.17) is 0 Å². The molecule has 0 radical (unpaired) electrons. The van der Waals surface area contributed by atoms with Gasteiger partial charge in [-0.25, -0.2) is 9.19 Å². The molecule has 4 rings (SSSR count). The van der Waals surface area contributed by atoms with E-state index >= 15 is 0 Å². The van der Waals surface area contributed by atoms with Crippen molar-refractivity contribution in [2.45, 2.75) is 24.5 Å². The highest BCUT2D eigenvalue weighted by Crippen LogP contribution is 2.28. The van der Waals surface area contributed by atoms with Gasteiger partial charge in [0.2, 0.25) is 5.91 Å². The predicted octanol–water partition coefficient (Wildman–Crippen LogP) is 3.62. The zero-order valence-corrected chi connectivity index (χ0v) is 16.1. The highest BCUT2D eigenvalue weighted by atomic mass is 32.2. The van der Waals surface area contributed by atoms with Crippen molar-refractivity contribution in [3.05, 3.63) is 59.9 Å². The van der Waals surface area contributed by atoms with Crippen molar-refractivity contribution in [3.63, 3.8) is 0 Å². The minimum absolute atomic E-state index is 0.135. The quantitative estimate of drug-likeness (QED) is 0.637. The first-order valence-corrected chi connectivity index (χ1v) is 10.7. The minimum Gasteiger partial charge on any atom is -0.326 e. The number of pyridine rings is 1. The van der Waals surface area contributed by atoms with Crippen molar-refractivity contribution in [1.29, 1.82) is 0 Å². The van der Waals surface area contributed by atoms with E-state index in [0.717, 1.165) is 29.7 Å². The zero-order chi connectivity index (χ0) is 18.6. The van der Waals surface area contributed by atoms with E-state index in [1.807, 2.05) is 41.8 Å². The van der Waals surface area contributed by atoms with Gasteiger partial charge >= 0.3 is 0 Å². The number of amides is 1. The molecule has 2 heterocycles. The lowest BCUT2D eigenvalue weighted by molar-refractivity contribution is -0.115. The van der Waals surface area contributed by atoms with Crippen LogP contribution in [0.4, 0.5) is 10.8 Å². The van der Waals surface area contributed by atoms with Crippen LogP contribution < -0.4 is 10.0 Å². The topological polar surface area (TPSA) is 84.0 Å². The van der Waals surface area contributed by atoms with Gasteiger partial charge < -0.3 is 5.32 Å². The lowest BCUT2D eigenvalue weighted by Gasteiger charge is -2.06. The van der Waals surface area contributed by atoms with Crippen LogP contribution in [0.25, 0.3) is 11.1 Å². The Morgan fingerprint density at radius 1 is 1.19 bits per heavy atom. The van der Waals surface area contributed by atoms with E-state index in [-0.39, 0.29) is 17.6 Å². The van der Waals surface area contributed by atoms with Crippen LogP contribution in [0.2, 0.25) is 0 Å². The number of rotatable bonds is 7. The summed E-state index contributed by atoms with van der Waals surface area (Å²) >= 11 is 1.37. The van der Waals surface area contributed by atoms with Gasteiger partial charge in [0.1, 0.15) is 11.0 Å². The molecule has 8 heteroatoms. The van der Waals surface area contributed by atoms with Gasteiger partial charge in [-0.2, -0.15) is 0 Å². The van der Waals surface area contributed by atoms with Gasteiger partial charge in [0, 0.05) is 23.5 Å². The lowest BCUT2D eigenvalue weighted by Crippen LogP contribution is -2.14. The second-order valence-electron chi connectivity index (χ2n) is 6.29. The molecule has 138 valence electrons. The van der Waals surface area contributed by atoms with Gasteiger partial charge in [0.25, 0.3) is 0 Å². The minimum atomic E-state index is -1.07. The highest BCUT2D eigenvalue weighted by Gasteiger charge is 2.29. The first-order valence-electron chi connectivity index (χ1n) is 8.59. The molecule has 0 spiro atoms. The van der Waals surface area contributed by atoms with E-state index in [2.05, 4.69) is 20.0 Å². The van der Waals surface area contributed by atoms with Crippen molar-refractivity contribution >= 4 is 39.0 Å². The number of anilines is 2. The summed E-state index contributed by atoms with van der Waals surface area (Å²) in [5.41, 5.74) is 3.47. The number of nitrogens with zero attached hydrogens (tertiary/aromatic N) is 2. The van der Waals surface area contributed by atoms with Crippen LogP contribution in [-0.2, 0) is 22.2 Å². The van der Waals surface area contributed by atoms with E-state index in [9.17, 15) is 9.00 Å². The van der Waals surface area contributed by atoms with E-state index in [0.29, 0.717) is 10.8 Å². The normalized spacial score (nSPS) is 14.5. The number of carbonyl (C=O) groups excluding carboxylic acids is 1. The Hall–Kier alpha value is -2.58. The molecule has 1 aromatic carbocycles. The van der Waals surface area contributed by atoms with Crippen LogP contribution in [0.3, 0.4) is 0 Å². The van der Waals surface area contributed by atoms with Crippen LogP contribution in [0.1, 0.15) is 18.5 Å². The molecule has 1 fully saturated rings. The fourth-order valence-corrected chi connectivity index (χ4v) is 4.48. The molecule has 1 aliphatic carbocycles. The number of thiazole rings is 1. The lowest BCUT2D eigenvalue weighted by atomic mass is 10.1. The third-order valence-corrected chi connectivity index (χ3v) is 6.48. The van der Waals surface area contributed by atoms with Gasteiger partial charge in [-0.1, -0.05) is 18.2 Å². The van der Waals surface area contributed by atoms with Gasteiger partial charge in [0.05, 0.1) is 17.4 Å².